The predicted octanol–water partition coefficient (Wildman–Crippen LogP) is 2.37. The van der Waals surface area contributed by atoms with Crippen molar-refractivity contribution in [3.63, 3.8) is 0 Å². The maximum absolute atomic E-state index is 12.2. The average Bonchev–Trinajstić information content (AvgIpc) is 2.55. The van der Waals surface area contributed by atoms with Crippen LogP contribution in [0.4, 0.5) is 5.69 Å². The summed E-state index contributed by atoms with van der Waals surface area (Å²) in [4.78, 5) is 20.6. The first kappa shape index (κ1) is 13.2. The number of hydrogen-bond donors (Lipinski definition) is 2. The lowest BCUT2D eigenvalue weighted by Crippen LogP contribution is -2.11. The van der Waals surface area contributed by atoms with Gasteiger partial charge in [-0.25, -0.2) is 0 Å². The Morgan fingerprint density at radius 2 is 1.71 bits per heavy atom. The molecule has 0 saturated carbocycles. The van der Waals surface area contributed by atoms with Crippen molar-refractivity contribution in [1.82, 2.24) is 9.97 Å². The van der Waals surface area contributed by atoms with Crippen molar-refractivity contribution in [1.29, 1.82) is 0 Å². The number of carbonyl (C=O) groups is 1. The molecule has 2 aromatic carbocycles. The summed E-state index contributed by atoms with van der Waals surface area (Å²) >= 11 is 0. The molecule has 0 saturated heterocycles. The van der Waals surface area contributed by atoms with Crippen LogP contribution in [-0.4, -0.2) is 21.0 Å². The van der Waals surface area contributed by atoms with E-state index in [-0.39, 0.29) is 12.5 Å². The number of hydrogen-bond acceptors (Lipinski definition) is 4. The Morgan fingerprint density at radius 1 is 1.00 bits per heavy atom. The van der Waals surface area contributed by atoms with E-state index < -0.39 is 0 Å². The molecule has 1 aromatic heterocycles. The quantitative estimate of drug-likeness (QED) is 0.772. The van der Waals surface area contributed by atoms with Gasteiger partial charge in [0.15, 0.2) is 0 Å². The van der Waals surface area contributed by atoms with Gasteiger partial charge in [-0.3, -0.25) is 14.8 Å². The fourth-order valence-corrected chi connectivity index (χ4v) is 2.00. The number of carbonyl (C=O) groups excluding carboxylic acids is 1. The van der Waals surface area contributed by atoms with Crippen LogP contribution < -0.4 is 5.32 Å². The number of anilines is 1. The topological polar surface area (TPSA) is 75.1 Å². The molecule has 0 spiro atoms. The number of aromatic nitrogens is 2. The zero-order chi connectivity index (χ0) is 14.7. The molecular formula is C16H13N3O2. The van der Waals surface area contributed by atoms with E-state index in [4.69, 9.17) is 5.11 Å². The summed E-state index contributed by atoms with van der Waals surface area (Å²) in [5, 5.41) is 11.8. The largest absolute Gasteiger partial charge is 0.392 e. The molecule has 0 unspecified atom stereocenters. The maximum Gasteiger partial charge on any atom is 0.255 e. The lowest BCUT2D eigenvalue weighted by molar-refractivity contribution is 0.102. The smallest absolute Gasteiger partial charge is 0.255 e. The first-order valence-corrected chi connectivity index (χ1v) is 6.48. The summed E-state index contributed by atoms with van der Waals surface area (Å²) in [6.45, 7) is -0.0163. The monoisotopic (exact) mass is 279 g/mol. The molecule has 0 bridgehead atoms. The Kier molecular flexibility index (Phi) is 3.57. The molecule has 0 radical (unpaired) electrons. The summed E-state index contributed by atoms with van der Waals surface area (Å²) in [7, 11) is 0. The van der Waals surface area contributed by atoms with Crippen LogP contribution >= 0.6 is 0 Å². The molecule has 1 heterocycles. The van der Waals surface area contributed by atoms with Crippen molar-refractivity contribution in [2.45, 2.75) is 6.61 Å². The molecule has 0 aliphatic rings. The first-order valence-electron chi connectivity index (χ1n) is 6.48. The van der Waals surface area contributed by atoms with E-state index in [0.29, 0.717) is 16.8 Å². The lowest BCUT2D eigenvalue weighted by atomic mass is 10.1. The lowest BCUT2D eigenvalue weighted by Gasteiger charge is -2.06. The zero-order valence-corrected chi connectivity index (χ0v) is 11.2. The molecule has 0 fully saturated rings. The molecule has 0 atom stereocenters. The van der Waals surface area contributed by atoms with Crippen molar-refractivity contribution in [2.75, 3.05) is 5.32 Å². The Morgan fingerprint density at radius 3 is 2.43 bits per heavy atom. The van der Waals surface area contributed by atoms with Gasteiger partial charge in [-0.05, 0) is 35.9 Å². The summed E-state index contributed by atoms with van der Waals surface area (Å²) in [5.41, 5.74) is 3.43. The van der Waals surface area contributed by atoms with Gasteiger partial charge in [0.1, 0.15) is 0 Å². The van der Waals surface area contributed by atoms with Crippen LogP contribution in [0.15, 0.2) is 54.9 Å². The molecule has 0 aliphatic carbocycles. The number of nitrogens with zero attached hydrogens (tertiary/aromatic N) is 2. The zero-order valence-electron chi connectivity index (χ0n) is 11.2. The normalized spacial score (nSPS) is 10.5. The van der Waals surface area contributed by atoms with Crippen molar-refractivity contribution in [3.8, 4) is 0 Å². The molecule has 104 valence electrons. The van der Waals surface area contributed by atoms with Gasteiger partial charge in [0.2, 0.25) is 0 Å². The molecule has 21 heavy (non-hydrogen) atoms. The van der Waals surface area contributed by atoms with Crippen molar-refractivity contribution < 1.29 is 9.90 Å². The van der Waals surface area contributed by atoms with Gasteiger partial charge in [-0.1, -0.05) is 12.1 Å². The SMILES string of the molecule is O=C(Nc1ccc(CO)cc1)c1ccc2nccnc2c1. The molecule has 3 rings (SSSR count). The second-order valence-electron chi connectivity index (χ2n) is 4.57. The predicted molar refractivity (Wildman–Crippen MR) is 79.9 cm³/mol. The van der Waals surface area contributed by atoms with Gasteiger partial charge in [-0.2, -0.15) is 0 Å². The van der Waals surface area contributed by atoms with Gasteiger partial charge < -0.3 is 10.4 Å². The molecule has 3 aromatic rings. The van der Waals surface area contributed by atoms with Crippen LogP contribution in [0.1, 0.15) is 15.9 Å². The Labute approximate surface area is 121 Å². The van der Waals surface area contributed by atoms with Gasteiger partial charge in [0.05, 0.1) is 17.6 Å². The van der Waals surface area contributed by atoms with Crippen LogP contribution in [0.2, 0.25) is 0 Å². The number of rotatable bonds is 3. The number of fused-ring (bicyclic) bond motifs is 1. The summed E-state index contributed by atoms with van der Waals surface area (Å²) in [6.07, 6.45) is 3.21. The van der Waals surface area contributed by atoms with Crippen LogP contribution in [0.5, 0.6) is 0 Å². The van der Waals surface area contributed by atoms with Gasteiger partial charge in [-0.15, -0.1) is 0 Å². The first-order chi connectivity index (χ1) is 10.3. The van der Waals surface area contributed by atoms with Gasteiger partial charge in [0.25, 0.3) is 5.91 Å². The summed E-state index contributed by atoms with van der Waals surface area (Å²) < 4.78 is 0. The molecule has 5 heteroatoms. The fraction of sp³-hybridized carbons (Fsp3) is 0.0625. The van der Waals surface area contributed by atoms with Gasteiger partial charge >= 0.3 is 0 Å². The van der Waals surface area contributed by atoms with Crippen LogP contribution in [0.25, 0.3) is 11.0 Å². The van der Waals surface area contributed by atoms with Crippen LogP contribution in [0, 0.1) is 0 Å². The number of nitrogens with one attached hydrogen (secondary N) is 1. The van der Waals surface area contributed by atoms with E-state index in [0.717, 1.165) is 11.1 Å². The molecule has 0 aliphatic heterocycles. The van der Waals surface area contributed by atoms with E-state index in [1.807, 2.05) is 0 Å². The molecule has 2 N–H and O–H groups in total. The van der Waals surface area contributed by atoms with Gasteiger partial charge in [0, 0.05) is 23.6 Å². The number of aliphatic hydroxyl groups excluding tert-OH is 1. The standard InChI is InChI=1S/C16H13N3O2/c20-10-11-1-4-13(5-2-11)19-16(21)12-3-6-14-15(9-12)18-8-7-17-14/h1-9,20H,10H2,(H,19,21). The molecule has 5 nitrogen and oxygen atoms in total. The minimum atomic E-state index is -0.209. The van der Waals surface area contributed by atoms with Crippen LogP contribution in [-0.2, 0) is 6.61 Å². The number of aliphatic hydroxyl groups is 1. The van der Waals surface area contributed by atoms with Crippen molar-refractivity contribution in [2.24, 2.45) is 0 Å². The second-order valence-corrected chi connectivity index (χ2v) is 4.57. The summed E-state index contributed by atoms with van der Waals surface area (Å²) in [5.74, 6) is -0.209. The number of amides is 1. The van der Waals surface area contributed by atoms with Crippen LogP contribution in [0.3, 0.4) is 0 Å². The summed E-state index contributed by atoms with van der Waals surface area (Å²) in [6, 6.07) is 12.2. The minimum absolute atomic E-state index is 0.0163. The molecule has 1 amide bonds. The Balaban J connectivity index is 1.82. The highest BCUT2D eigenvalue weighted by Gasteiger charge is 2.07. The highest BCUT2D eigenvalue weighted by Crippen LogP contribution is 2.14. The Bertz CT molecular complexity index is 785. The number of benzene rings is 2. The minimum Gasteiger partial charge on any atom is -0.392 e. The van der Waals surface area contributed by atoms with Crippen molar-refractivity contribution >= 4 is 22.6 Å². The Hall–Kier alpha value is -2.79. The second kappa shape index (κ2) is 5.68. The van der Waals surface area contributed by atoms with E-state index >= 15 is 0 Å². The third-order valence-corrected chi connectivity index (χ3v) is 3.13. The highest BCUT2D eigenvalue weighted by molar-refractivity contribution is 6.05. The third-order valence-electron chi connectivity index (χ3n) is 3.13. The van der Waals surface area contributed by atoms with Crippen molar-refractivity contribution in [3.05, 3.63) is 66.0 Å². The molecular weight excluding hydrogens is 266 g/mol. The van der Waals surface area contributed by atoms with E-state index in [1.54, 1.807) is 54.9 Å². The van der Waals surface area contributed by atoms with E-state index in [2.05, 4.69) is 15.3 Å². The fourth-order valence-electron chi connectivity index (χ4n) is 2.00. The maximum atomic E-state index is 12.2. The van der Waals surface area contributed by atoms with E-state index in [9.17, 15) is 4.79 Å². The third kappa shape index (κ3) is 2.88. The van der Waals surface area contributed by atoms with E-state index in [1.165, 1.54) is 0 Å². The highest BCUT2D eigenvalue weighted by atomic mass is 16.3. The average molecular weight is 279 g/mol.